The number of pyridine rings is 1. The smallest absolute Gasteiger partial charge is 0.337 e. The molecule has 0 amide bonds. The highest BCUT2D eigenvalue weighted by molar-refractivity contribution is 6.36. The van der Waals surface area contributed by atoms with Crippen LogP contribution in [0.15, 0.2) is 29.7 Å². The highest BCUT2D eigenvalue weighted by atomic mass is 35.5. The number of halogens is 2. The first kappa shape index (κ1) is 21.0. The van der Waals surface area contributed by atoms with Gasteiger partial charge in [0.25, 0.3) is 0 Å². The summed E-state index contributed by atoms with van der Waals surface area (Å²) in [6.07, 6.45) is 0.460. The second kappa shape index (κ2) is 9.41. The number of benzene rings is 1. The minimum absolute atomic E-state index is 0.0329. The lowest BCUT2D eigenvalue weighted by molar-refractivity contribution is 0.0695. The normalized spacial score (nSPS) is 10.7. The van der Waals surface area contributed by atoms with Crippen LogP contribution in [0.3, 0.4) is 0 Å². The molecule has 0 aliphatic rings. The standard InChI is InChI=1S/C15H11Cl2N3O3.HNO2/c1-7(12-10(16)3-2-8(5-18)13(12)17)23-11-4-9(15(21)22)6-20-14(11)19;2-1-3/h2-4,6-7H,1H3,(H2,19,20)(H,21,22);(H,2,3). The van der Waals surface area contributed by atoms with Gasteiger partial charge in [-0.25, -0.2) is 9.78 Å². The van der Waals surface area contributed by atoms with Crippen molar-refractivity contribution >= 4 is 35.0 Å². The van der Waals surface area contributed by atoms with Crippen LogP contribution in [-0.2, 0) is 0 Å². The van der Waals surface area contributed by atoms with E-state index in [0.29, 0.717) is 10.6 Å². The second-order valence-corrected chi connectivity index (χ2v) is 5.47. The Labute approximate surface area is 157 Å². The zero-order valence-electron chi connectivity index (χ0n) is 13.2. The number of anilines is 1. The van der Waals surface area contributed by atoms with Crippen LogP contribution in [-0.4, -0.2) is 21.3 Å². The van der Waals surface area contributed by atoms with E-state index in [1.165, 1.54) is 23.5 Å². The fourth-order valence-electron chi connectivity index (χ4n) is 1.94. The van der Waals surface area contributed by atoms with E-state index in [0.717, 1.165) is 6.20 Å². The SMILES string of the molecule is CC(Oc1cc(C(=O)O)cnc1N)c1c(Cl)ccc(C#N)c1Cl.O=NO. The van der Waals surface area contributed by atoms with Crippen LogP contribution in [0, 0.1) is 16.2 Å². The summed E-state index contributed by atoms with van der Waals surface area (Å²) in [4.78, 5) is 22.9. The first-order valence-corrected chi connectivity index (χ1v) is 7.52. The van der Waals surface area contributed by atoms with Crippen molar-refractivity contribution in [1.82, 2.24) is 4.98 Å². The molecule has 1 atom stereocenters. The van der Waals surface area contributed by atoms with Gasteiger partial charge in [-0.1, -0.05) is 23.2 Å². The Kier molecular flexibility index (Phi) is 7.58. The van der Waals surface area contributed by atoms with E-state index in [9.17, 15) is 4.79 Å². The number of nitrogens with two attached hydrogens (primary N) is 1. The molecule has 0 bridgehead atoms. The van der Waals surface area contributed by atoms with Crippen LogP contribution < -0.4 is 10.5 Å². The Morgan fingerprint density at radius 2 is 2.08 bits per heavy atom. The van der Waals surface area contributed by atoms with Crippen molar-refractivity contribution in [2.45, 2.75) is 13.0 Å². The van der Waals surface area contributed by atoms with Crippen LogP contribution in [0.25, 0.3) is 0 Å². The Hall–Kier alpha value is -3.09. The molecule has 0 fully saturated rings. The maximum atomic E-state index is 11.0. The van der Waals surface area contributed by atoms with Gasteiger partial charge in [0.05, 0.1) is 16.1 Å². The quantitative estimate of drug-likeness (QED) is 0.517. The van der Waals surface area contributed by atoms with Crippen LogP contribution in [0.4, 0.5) is 5.82 Å². The van der Waals surface area contributed by atoms with Crippen LogP contribution in [0.2, 0.25) is 10.0 Å². The molecule has 136 valence electrons. The van der Waals surface area contributed by atoms with Crippen LogP contribution in [0.1, 0.15) is 34.5 Å². The van der Waals surface area contributed by atoms with E-state index in [1.807, 2.05) is 6.07 Å². The lowest BCUT2D eigenvalue weighted by atomic mass is 10.1. The molecule has 4 N–H and O–H groups in total. The number of aromatic nitrogens is 1. The summed E-state index contributed by atoms with van der Waals surface area (Å²) in [5, 5.41) is 26.4. The lowest BCUT2D eigenvalue weighted by Crippen LogP contribution is -2.09. The lowest BCUT2D eigenvalue weighted by Gasteiger charge is -2.19. The Morgan fingerprint density at radius 3 is 2.62 bits per heavy atom. The van der Waals surface area contributed by atoms with Crippen molar-refractivity contribution in [3.05, 3.63) is 56.0 Å². The largest absolute Gasteiger partial charge is 0.482 e. The van der Waals surface area contributed by atoms with E-state index in [4.69, 9.17) is 54.2 Å². The van der Waals surface area contributed by atoms with Gasteiger partial charge in [-0.2, -0.15) is 5.26 Å². The minimum atomic E-state index is -1.16. The first-order chi connectivity index (χ1) is 12.3. The number of carbonyl (C=O) groups is 1. The Morgan fingerprint density at radius 1 is 1.46 bits per heavy atom. The number of nitrogens with zero attached hydrogens (tertiary/aromatic N) is 3. The van der Waals surface area contributed by atoms with Crippen molar-refractivity contribution < 1.29 is 19.8 Å². The Balaban J connectivity index is 0.00000105. The van der Waals surface area contributed by atoms with E-state index in [-0.39, 0.29) is 27.7 Å². The fraction of sp³-hybridized carbons (Fsp3) is 0.133. The number of ether oxygens (including phenoxy) is 1. The van der Waals surface area contributed by atoms with E-state index in [2.05, 4.69) is 4.98 Å². The first-order valence-electron chi connectivity index (χ1n) is 6.76. The molecule has 1 unspecified atom stereocenters. The summed E-state index contributed by atoms with van der Waals surface area (Å²) in [7, 11) is 0. The zero-order chi connectivity index (χ0) is 19.9. The molecule has 1 aromatic carbocycles. The molecule has 2 rings (SSSR count). The van der Waals surface area contributed by atoms with Gasteiger partial charge in [0.15, 0.2) is 16.9 Å². The van der Waals surface area contributed by atoms with Gasteiger partial charge in [-0.3, -0.25) is 0 Å². The van der Waals surface area contributed by atoms with Crippen LogP contribution in [0.5, 0.6) is 5.75 Å². The molecule has 0 aliphatic heterocycles. The summed E-state index contributed by atoms with van der Waals surface area (Å²) in [5.74, 6) is -1.03. The Bertz CT molecular complexity index is 870. The van der Waals surface area contributed by atoms with Crippen molar-refractivity contribution in [3.63, 3.8) is 0 Å². The number of hydrogen-bond donors (Lipinski definition) is 3. The number of carboxylic acid groups (broad SMARTS) is 1. The van der Waals surface area contributed by atoms with E-state index in [1.54, 1.807) is 6.92 Å². The average molecular weight is 399 g/mol. The monoisotopic (exact) mass is 398 g/mol. The number of nitrogen functional groups attached to an aromatic ring is 1. The summed E-state index contributed by atoms with van der Waals surface area (Å²) >= 11 is 12.3. The molecule has 1 aromatic heterocycles. The van der Waals surface area contributed by atoms with Gasteiger partial charge in [-0.15, -0.1) is 4.91 Å². The van der Waals surface area contributed by atoms with Gasteiger partial charge in [0, 0.05) is 22.8 Å². The topological polar surface area (TPSA) is 159 Å². The van der Waals surface area contributed by atoms with Gasteiger partial charge in [0.1, 0.15) is 12.2 Å². The molecule has 0 aliphatic carbocycles. The summed E-state index contributed by atoms with van der Waals surface area (Å²) in [6.45, 7) is 1.65. The highest BCUT2D eigenvalue weighted by Gasteiger charge is 2.20. The highest BCUT2D eigenvalue weighted by Crippen LogP contribution is 2.36. The third kappa shape index (κ3) is 4.95. The predicted molar refractivity (Wildman–Crippen MR) is 93.4 cm³/mol. The zero-order valence-corrected chi connectivity index (χ0v) is 14.7. The number of hydrogen-bond acceptors (Lipinski definition) is 7. The van der Waals surface area contributed by atoms with Gasteiger partial charge in [-0.05, 0) is 19.1 Å². The maximum absolute atomic E-state index is 11.0. The predicted octanol–water partition coefficient (Wildman–Crippen LogP) is 3.82. The summed E-state index contributed by atoms with van der Waals surface area (Å²) in [6, 6.07) is 6.26. The number of carboxylic acids is 1. The molecule has 26 heavy (non-hydrogen) atoms. The number of rotatable bonds is 4. The number of aromatic carboxylic acids is 1. The molecule has 9 nitrogen and oxygen atoms in total. The fourth-order valence-corrected chi connectivity index (χ4v) is 2.66. The molecule has 0 radical (unpaired) electrons. The maximum Gasteiger partial charge on any atom is 0.337 e. The molecular weight excluding hydrogens is 387 g/mol. The minimum Gasteiger partial charge on any atom is -0.482 e. The molecule has 0 saturated carbocycles. The molecule has 2 aromatic rings. The molecule has 0 saturated heterocycles. The third-order valence-corrected chi connectivity index (χ3v) is 3.82. The van der Waals surface area contributed by atoms with Crippen molar-refractivity contribution in [3.8, 4) is 11.8 Å². The van der Waals surface area contributed by atoms with Crippen molar-refractivity contribution in [2.24, 2.45) is 5.34 Å². The summed E-state index contributed by atoms with van der Waals surface area (Å²) in [5.41, 5.74) is 6.30. The van der Waals surface area contributed by atoms with Crippen molar-refractivity contribution in [1.29, 1.82) is 5.26 Å². The summed E-state index contributed by atoms with van der Waals surface area (Å²) < 4.78 is 5.65. The number of nitriles is 1. The third-order valence-electron chi connectivity index (χ3n) is 3.09. The average Bonchev–Trinajstić information content (AvgIpc) is 2.57. The van der Waals surface area contributed by atoms with E-state index >= 15 is 0 Å². The van der Waals surface area contributed by atoms with Crippen LogP contribution >= 0.6 is 23.2 Å². The van der Waals surface area contributed by atoms with Gasteiger partial charge < -0.3 is 20.8 Å². The van der Waals surface area contributed by atoms with Gasteiger partial charge >= 0.3 is 5.97 Å². The molecule has 0 spiro atoms. The molecule has 11 heteroatoms. The van der Waals surface area contributed by atoms with Crippen molar-refractivity contribution in [2.75, 3.05) is 5.73 Å². The van der Waals surface area contributed by atoms with Gasteiger partial charge in [0.2, 0.25) is 0 Å². The second-order valence-electron chi connectivity index (χ2n) is 4.69. The van der Waals surface area contributed by atoms with E-state index < -0.39 is 12.1 Å². The molecule has 1 heterocycles. The molecular formula is C15H12Cl2N4O5.